The van der Waals surface area contributed by atoms with Crippen molar-refractivity contribution in [2.75, 3.05) is 25.1 Å². The molecule has 1 amide bonds. The highest BCUT2D eigenvalue weighted by Crippen LogP contribution is 2.04. The monoisotopic (exact) mass is 299 g/mol. The van der Waals surface area contributed by atoms with E-state index in [1.165, 1.54) is 5.56 Å². The molecule has 0 bridgehead atoms. The normalized spacial score (nSPS) is 10.2. The minimum absolute atomic E-state index is 0.0462. The smallest absolute Gasteiger partial charge is 0.251 e. The number of alkyl halides is 1. The van der Waals surface area contributed by atoms with Gasteiger partial charge in [-0.3, -0.25) is 4.79 Å². The molecule has 1 rings (SSSR count). The number of benzene rings is 1. The van der Waals surface area contributed by atoms with Gasteiger partial charge in [0.2, 0.25) is 0 Å². The van der Waals surface area contributed by atoms with Gasteiger partial charge in [0, 0.05) is 17.4 Å². The van der Waals surface area contributed by atoms with Crippen LogP contribution in [0, 0.1) is 0 Å². The van der Waals surface area contributed by atoms with Gasteiger partial charge in [0.05, 0.1) is 13.2 Å². The van der Waals surface area contributed by atoms with Gasteiger partial charge >= 0.3 is 0 Å². The molecule has 94 valence electrons. The lowest BCUT2D eigenvalue weighted by molar-refractivity contribution is 0.0924. The standard InChI is InChI=1S/C13H18BrNO2/c1-2-11-3-5-12(6-4-11)13(16)15-8-10-17-9-7-14/h3-6H,2,7-10H2,1H3,(H,15,16). The second kappa shape index (κ2) is 8.25. The van der Waals surface area contributed by atoms with E-state index < -0.39 is 0 Å². The first-order chi connectivity index (χ1) is 8.27. The van der Waals surface area contributed by atoms with E-state index in [0.29, 0.717) is 25.3 Å². The van der Waals surface area contributed by atoms with Crippen molar-refractivity contribution in [1.82, 2.24) is 5.32 Å². The number of ether oxygens (including phenoxy) is 1. The lowest BCUT2D eigenvalue weighted by atomic mass is 10.1. The molecule has 0 saturated heterocycles. The molecule has 1 aromatic carbocycles. The first kappa shape index (κ1) is 14.2. The minimum Gasteiger partial charge on any atom is -0.379 e. The highest BCUT2D eigenvalue weighted by Gasteiger charge is 2.03. The summed E-state index contributed by atoms with van der Waals surface area (Å²) in [6, 6.07) is 7.67. The van der Waals surface area contributed by atoms with E-state index >= 15 is 0 Å². The number of carbonyl (C=O) groups excluding carboxylic acids is 1. The molecule has 3 nitrogen and oxygen atoms in total. The van der Waals surface area contributed by atoms with Crippen LogP contribution in [0.3, 0.4) is 0 Å². The van der Waals surface area contributed by atoms with Crippen LogP contribution < -0.4 is 5.32 Å². The van der Waals surface area contributed by atoms with E-state index in [1.54, 1.807) is 0 Å². The molecule has 4 heteroatoms. The summed E-state index contributed by atoms with van der Waals surface area (Å²) in [7, 11) is 0. The van der Waals surface area contributed by atoms with Gasteiger partial charge in [-0.15, -0.1) is 0 Å². The SMILES string of the molecule is CCc1ccc(C(=O)NCCOCCBr)cc1. The molecule has 1 N–H and O–H groups in total. The molecule has 1 aromatic rings. The Morgan fingerprint density at radius 1 is 1.29 bits per heavy atom. The zero-order valence-corrected chi connectivity index (χ0v) is 11.6. The number of aryl methyl sites for hydroxylation is 1. The van der Waals surface area contributed by atoms with Crippen molar-refractivity contribution >= 4 is 21.8 Å². The molecule has 17 heavy (non-hydrogen) atoms. The summed E-state index contributed by atoms with van der Waals surface area (Å²) in [5, 5.41) is 3.63. The number of rotatable bonds is 7. The van der Waals surface area contributed by atoms with Crippen LogP contribution in [0.4, 0.5) is 0 Å². The van der Waals surface area contributed by atoms with Gasteiger partial charge in [-0.1, -0.05) is 35.0 Å². The average molecular weight is 300 g/mol. The minimum atomic E-state index is -0.0462. The van der Waals surface area contributed by atoms with Crippen molar-refractivity contribution in [3.05, 3.63) is 35.4 Å². The molecule has 0 saturated carbocycles. The third-order valence-electron chi connectivity index (χ3n) is 2.38. The molecule has 0 aliphatic heterocycles. The van der Waals surface area contributed by atoms with Crippen LogP contribution in [0.15, 0.2) is 24.3 Å². The molecule has 0 spiro atoms. The van der Waals surface area contributed by atoms with Crippen molar-refractivity contribution < 1.29 is 9.53 Å². The topological polar surface area (TPSA) is 38.3 Å². The molecule has 0 heterocycles. The van der Waals surface area contributed by atoms with E-state index in [1.807, 2.05) is 24.3 Å². The van der Waals surface area contributed by atoms with E-state index in [4.69, 9.17) is 4.74 Å². The summed E-state index contributed by atoms with van der Waals surface area (Å²) in [6.07, 6.45) is 0.988. The largest absolute Gasteiger partial charge is 0.379 e. The van der Waals surface area contributed by atoms with E-state index in [2.05, 4.69) is 28.2 Å². The fraction of sp³-hybridized carbons (Fsp3) is 0.462. The Bertz CT molecular complexity index is 338. The Kier molecular flexibility index (Phi) is 6.89. The van der Waals surface area contributed by atoms with Crippen LogP contribution >= 0.6 is 15.9 Å². The molecule has 0 atom stereocenters. The van der Waals surface area contributed by atoms with Crippen LogP contribution in [0.1, 0.15) is 22.8 Å². The molecule has 0 fully saturated rings. The third kappa shape index (κ3) is 5.33. The zero-order valence-electron chi connectivity index (χ0n) is 10.0. The zero-order chi connectivity index (χ0) is 12.5. The molecule has 0 aromatic heterocycles. The van der Waals surface area contributed by atoms with E-state index in [0.717, 1.165) is 11.8 Å². The maximum absolute atomic E-state index is 11.7. The number of amides is 1. The van der Waals surface area contributed by atoms with Crippen LogP contribution in [0.5, 0.6) is 0 Å². The Labute approximate surface area is 111 Å². The molecular formula is C13H18BrNO2. The predicted molar refractivity (Wildman–Crippen MR) is 72.8 cm³/mol. The summed E-state index contributed by atoms with van der Waals surface area (Å²) in [5.74, 6) is -0.0462. The highest BCUT2D eigenvalue weighted by molar-refractivity contribution is 9.09. The Hall–Kier alpha value is -0.870. The van der Waals surface area contributed by atoms with Crippen molar-refractivity contribution in [3.63, 3.8) is 0 Å². The molecule has 0 unspecified atom stereocenters. The lowest BCUT2D eigenvalue weighted by Gasteiger charge is -2.06. The summed E-state index contributed by atoms with van der Waals surface area (Å²) in [5.41, 5.74) is 1.94. The van der Waals surface area contributed by atoms with Crippen LogP contribution in [-0.4, -0.2) is 31.0 Å². The summed E-state index contributed by atoms with van der Waals surface area (Å²) < 4.78 is 5.24. The first-order valence-corrected chi connectivity index (χ1v) is 6.91. The van der Waals surface area contributed by atoms with Crippen LogP contribution in [-0.2, 0) is 11.2 Å². The average Bonchev–Trinajstić information content (AvgIpc) is 2.38. The molecular weight excluding hydrogens is 282 g/mol. The van der Waals surface area contributed by atoms with Gasteiger partial charge < -0.3 is 10.1 Å². The van der Waals surface area contributed by atoms with Crippen molar-refractivity contribution in [1.29, 1.82) is 0 Å². The van der Waals surface area contributed by atoms with Crippen LogP contribution in [0.2, 0.25) is 0 Å². The fourth-order valence-electron chi connectivity index (χ4n) is 1.39. The fourth-order valence-corrected chi connectivity index (χ4v) is 1.62. The number of hydrogen-bond donors (Lipinski definition) is 1. The summed E-state index contributed by atoms with van der Waals surface area (Å²) in [6.45, 7) is 3.85. The second-order valence-corrected chi connectivity index (χ2v) is 4.40. The van der Waals surface area contributed by atoms with Crippen molar-refractivity contribution in [3.8, 4) is 0 Å². The highest BCUT2D eigenvalue weighted by atomic mass is 79.9. The summed E-state index contributed by atoms with van der Waals surface area (Å²) >= 11 is 3.27. The molecule has 0 aliphatic rings. The first-order valence-electron chi connectivity index (χ1n) is 5.78. The van der Waals surface area contributed by atoms with Gasteiger partial charge in [-0.2, -0.15) is 0 Å². The predicted octanol–water partition coefficient (Wildman–Crippen LogP) is 2.39. The van der Waals surface area contributed by atoms with Gasteiger partial charge in [0.1, 0.15) is 0 Å². The maximum atomic E-state index is 11.7. The third-order valence-corrected chi connectivity index (χ3v) is 2.70. The van der Waals surface area contributed by atoms with Gasteiger partial charge in [-0.25, -0.2) is 0 Å². The number of halogens is 1. The van der Waals surface area contributed by atoms with E-state index in [9.17, 15) is 4.79 Å². The molecule has 0 radical (unpaired) electrons. The second-order valence-electron chi connectivity index (χ2n) is 3.61. The number of carbonyl (C=O) groups is 1. The van der Waals surface area contributed by atoms with Crippen molar-refractivity contribution in [2.45, 2.75) is 13.3 Å². The van der Waals surface area contributed by atoms with Gasteiger partial charge in [-0.05, 0) is 24.1 Å². The van der Waals surface area contributed by atoms with Gasteiger partial charge in [0.15, 0.2) is 0 Å². The van der Waals surface area contributed by atoms with Gasteiger partial charge in [0.25, 0.3) is 5.91 Å². The number of nitrogens with one attached hydrogen (secondary N) is 1. The Morgan fingerprint density at radius 3 is 2.59 bits per heavy atom. The van der Waals surface area contributed by atoms with Crippen molar-refractivity contribution in [2.24, 2.45) is 0 Å². The van der Waals surface area contributed by atoms with Crippen LogP contribution in [0.25, 0.3) is 0 Å². The quantitative estimate of drug-likeness (QED) is 0.620. The number of hydrogen-bond acceptors (Lipinski definition) is 2. The Morgan fingerprint density at radius 2 is 2.00 bits per heavy atom. The summed E-state index contributed by atoms with van der Waals surface area (Å²) in [4.78, 5) is 11.7. The lowest BCUT2D eigenvalue weighted by Crippen LogP contribution is -2.27. The van der Waals surface area contributed by atoms with E-state index in [-0.39, 0.29) is 5.91 Å². The molecule has 0 aliphatic carbocycles. The Balaban J connectivity index is 2.31. The maximum Gasteiger partial charge on any atom is 0.251 e.